The van der Waals surface area contributed by atoms with E-state index in [1.165, 1.54) is 47.4 Å². The number of halogens is 4. The van der Waals surface area contributed by atoms with Crippen molar-refractivity contribution in [3.63, 3.8) is 0 Å². The zero-order chi connectivity index (χ0) is 27.6. The summed E-state index contributed by atoms with van der Waals surface area (Å²) in [6, 6.07) is 11.4. The number of thiocarbonyl (C=S) groups is 1. The van der Waals surface area contributed by atoms with Crippen LogP contribution in [-0.2, 0) is 15.8 Å². The summed E-state index contributed by atoms with van der Waals surface area (Å²) < 4.78 is 45.1. The number of anilines is 1. The molecule has 1 saturated heterocycles. The molecule has 2 heterocycles. The van der Waals surface area contributed by atoms with Gasteiger partial charge in [-0.3, -0.25) is 14.5 Å². The number of aromatic carboxylic acids is 1. The lowest BCUT2D eigenvalue weighted by atomic mass is 10.1. The maximum absolute atomic E-state index is 13.1. The van der Waals surface area contributed by atoms with Crippen LogP contribution < -0.4 is 5.32 Å². The number of carbonyl (C=O) groups excluding carboxylic acids is 2. The maximum Gasteiger partial charge on any atom is 0.416 e. The van der Waals surface area contributed by atoms with Crippen molar-refractivity contribution in [2.24, 2.45) is 0 Å². The van der Waals surface area contributed by atoms with E-state index in [0.717, 1.165) is 30.0 Å². The molecule has 0 aliphatic carbocycles. The van der Waals surface area contributed by atoms with Crippen LogP contribution in [0.2, 0.25) is 5.02 Å². The molecule has 2 aromatic carbocycles. The normalized spacial score (nSPS) is 14.8. The van der Waals surface area contributed by atoms with Gasteiger partial charge < -0.3 is 14.8 Å². The van der Waals surface area contributed by atoms with Crippen molar-refractivity contribution < 1.29 is 37.1 Å². The number of hydrogen-bond acceptors (Lipinski definition) is 6. The Morgan fingerprint density at radius 1 is 1.13 bits per heavy atom. The maximum atomic E-state index is 13.1. The second-order valence-corrected chi connectivity index (χ2v) is 9.99. The van der Waals surface area contributed by atoms with Gasteiger partial charge in [-0.1, -0.05) is 35.6 Å². The predicted molar refractivity (Wildman–Crippen MR) is 141 cm³/mol. The third kappa shape index (κ3) is 6.26. The lowest BCUT2D eigenvalue weighted by Crippen LogP contribution is -2.31. The minimum absolute atomic E-state index is 0.00426. The number of thioether (sulfide) groups is 1. The van der Waals surface area contributed by atoms with E-state index in [4.69, 9.17) is 33.3 Å². The van der Waals surface area contributed by atoms with Gasteiger partial charge in [0, 0.05) is 30.3 Å². The van der Waals surface area contributed by atoms with E-state index in [0.29, 0.717) is 5.69 Å². The molecule has 0 radical (unpaired) electrons. The zero-order valence-electron chi connectivity index (χ0n) is 19.0. The summed E-state index contributed by atoms with van der Waals surface area (Å²) in [5.41, 5.74) is -0.344. The monoisotopic (exact) mass is 580 g/mol. The standard InChI is InChI=1S/C25H16ClF3N2O5S2/c26-18-7-3-14(25(27,28)29)11-17(18)19-8-6-16(36-19)12-20-22(33)31(24(37)38-20)10-9-21(32)30-15-4-1-13(2-5-15)23(34)35/h1-8,11-12H,9-10H2,(H,30,32)(H,34,35)/b20-12-. The fourth-order valence-corrected chi connectivity index (χ4v) is 4.92. The van der Waals surface area contributed by atoms with E-state index in [1.807, 2.05) is 0 Å². The molecule has 196 valence electrons. The van der Waals surface area contributed by atoms with Crippen LogP contribution in [0.1, 0.15) is 28.1 Å². The van der Waals surface area contributed by atoms with Crippen LogP contribution in [-0.4, -0.2) is 38.7 Å². The van der Waals surface area contributed by atoms with Gasteiger partial charge in [0.1, 0.15) is 15.8 Å². The minimum Gasteiger partial charge on any atom is -0.478 e. The van der Waals surface area contributed by atoms with Gasteiger partial charge in [0.25, 0.3) is 5.91 Å². The first-order valence-electron chi connectivity index (χ1n) is 10.8. The Labute approximate surface area is 228 Å². The Hall–Kier alpha value is -3.61. The molecule has 2 N–H and O–H groups in total. The van der Waals surface area contributed by atoms with E-state index in [9.17, 15) is 27.6 Å². The Bertz CT molecular complexity index is 1470. The Balaban J connectivity index is 1.41. The highest BCUT2D eigenvalue weighted by Gasteiger charge is 2.33. The molecule has 0 spiro atoms. The molecule has 7 nitrogen and oxygen atoms in total. The number of alkyl halides is 3. The van der Waals surface area contributed by atoms with Crippen LogP contribution in [0.5, 0.6) is 0 Å². The van der Waals surface area contributed by atoms with Crippen LogP contribution in [0.3, 0.4) is 0 Å². The molecule has 1 fully saturated rings. The number of benzene rings is 2. The van der Waals surface area contributed by atoms with Gasteiger partial charge in [0.15, 0.2) is 0 Å². The van der Waals surface area contributed by atoms with Crippen LogP contribution in [0, 0.1) is 0 Å². The quantitative estimate of drug-likeness (QED) is 0.241. The average molecular weight is 581 g/mol. The molecule has 0 saturated carbocycles. The van der Waals surface area contributed by atoms with Gasteiger partial charge in [-0.2, -0.15) is 13.2 Å². The van der Waals surface area contributed by atoms with Gasteiger partial charge in [0.05, 0.1) is 21.1 Å². The highest BCUT2D eigenvalue weighted by atomic mass is 35.5. The fourth-order valence-electron chi connectivity index (χ4n) is 3.42. The molecule has 4 rings (SSSR count). The van der Waals surface area contributed by atoms with Crippen LogP contribution in [0.15, 0.2) is 63.9 Å². The summed E-state index contributed by atoms with van der Waals surface area (Å²) >= 11 is 12.3. The molecule has 1 aliphatic heterocycles. The molecule has 3 aromatic rings. The first-order chi connectivity index (χ1) is 17.9. The summed E-state index contributed by atoms with van der Waals surface area (Å²) in [7, 11) is 0. The van der Waals surface area contributed by atoms with Gasteiger partial charge in [-0.05, 0) is 54.6 Å². The number of furan rings is 1. The molecule has 1 aliphatic rings. The summed E-state index contributed by atoms with van der Waals surface area (Å²) in [4.78, 5) is 37.5. The van der Waals surface area contributed by atoms with Crippen molar-refractivity contribution in [3.8, 4) is 11.3 Å². The number of carbonyl (C=O) groups is 3. The van der Waals surface area contributed by atoms with Crippen molar-refractivity contribution >= 4 is 69.4 Å². The highest BCUT2D eigenvalue weighted by molar-refractivity contribution is 8.26. The number of hydrogen-bond donors (Lipinski definition) is 2. The van der Waals surface area contributed by atoms with E-state index < -0.39 is 29.5 Å². The summed E-state index contributed by atoms with van der Waals surface area (Å²) in [6.07, 6.45) is -3.21. The molecule has 38 heavy (non-hydrogen) atoms. The lowest BCUT2D eigenvalue weighted by molar-refractivity contribution is -0.137. The molecule has 0 unspecified atom stereocenters. The minimum atomic E-state index is -4.55. The molecule has 0 bridgehead atoms. The average Bonchev–Trinajstić information content (AvgIpc) is 3.41. The van der Waals surface area contributed by atoms with Crippen molar-refractivity contribution in [2.45, 2.75) is 12.6 Å². The van der Waals surface area contributed by atoms with E-state index in [1.54, 1.807) is 0 Å². The van der Waals surface area contributed by atoms with Crippen molar-refractivity contribution in [2.75, 3.05) is 11.9 Å². The van der Waals surface area contributed by atoms with E-state index in [2.05, 4.69) is 5.32 Å². The summed E-state index contributed by atoms with van der Waals surface area (Å²) in [5.74, 6) is -1.64. The summed E-state index contributed by atoms with van der Waals surface area (Å²) in [5, 5.41) is 11.6. The Kier molecular flexibility index (Phi) is 7.95. The van der Waals surface area contributed by atoms with Crippen molar-refractivity contribution in [3.05, 3.63) is 81.4 Å². The zero-order valence-corrected chi connectivity index (χ0v) is 21.4. The number of amides is 2. The molecular formula is C25H16ClF3N2O5S2. The molecule has 2 amide bonds. The Morgan fingerprint density at radius 3 is 2.50 bits per heavy atom. The highest BCUT2D eigenvalue weighted by Crippen LogP contribution is 2.38. The Morgan fingerprint density at radius 2 is 1.84 bits per heavy atom. The molecule has 1 aromatic heterocycles. The number of rotatable bonds is 7. The van der Waals surface area contributed by atoms with E-state index in [-0.39, 0.29) is 49.9 Å². The van der Waals surface area contributed by atoms with Crippen LogP contribution in [0.25, 0.3) is 17.4 Å². The number of nitrogens with zero attached hydrogens (tertiary/aromatic N) is 1. The third-order valence-electron chi connectivity index (χ3n) is 5.31. The number of nitrogens with one attached hydrogen (secondary N) is 1. The van der Waals surface area contributed by atoms with Crippen LogP contribution >= 0.6 is 35.6 Å². The fraction of sp³-hybridized carbons (Fsp3) is 0.120. The number of carboxylic acid groups (broad SMARTS) is 1. The SMILES string of the molecule is O=C(CCN1C(=O)/C(=C/c2ccc(-c3cc(C(F)(F)F)ccc3Cl)o2)SC1=S)Nc1ccc(C(=O)O)cc1. The van der Waals surface area contributed by atoms with Crippen molar-refractivity contribution in [1.29, 1.82) is 0 Å². The molecule has 0 atom stereocenters. The molecule has 13 heteroatoms. The first kappa shape index (κ1) is 27.4. The third-order valence-corrected chi connectivity index (χ3v) is 7.02. The summed E-state index contributed by atoms with van der Waals surface area (Å²) in [6.45, 7) is 0.00426. The largest absolute Gasteiger partial charge is 0.478 e. The van der Waals surface area contributed by atoms with E-state index >= 15 is 0 Å². The van der Waals surface area contributed by atoms with Gasteiger partial charge >= 0.3 is 12.1 Å². The van der Waals surface area contributed by atoms with Gasteiger partial charge in [-0.15, -0.1) is 0 Å². The van der Waals surface area contributed by atoms with Crippen molar-refractivity contribution in [1.82, 2.24) is 4.90 Å². The van der Waals surface area contributed by atoms with Gasteiger partial charge in [-0.25, -0.2) is 4.79 Å². The number of carboxylic acids is 1. The topological polar surface area (TPSA) is 99.9 Å². The smallest absolute Gasteiger partial charge is 0.416 e. The van der Waals surface area contributed by atoms with Gasteiger partial charge in [0.2, 0.25) is 5.91 Å². The predicted octanol–water partition coefficient (Wildman–Crippen LogP) is 6.55. The lowest BCUT2D eigenvalue weighted by Gasteiger charge is -2.14. The second kappa shape index (κ2) is 11.0. The first-order valence-corrected chi connectivity index (χ1v) is 12.4. The second-order valence-electron chi connectivity index (χ2n) is 7.91. The molecular weight excluding hydrogens is 565 g/mol. The van der Waals surface area contributed by atoms with Crippen LogP contribution in [0.4, 0.5) is 18.9 Å².